The summed E-state index contributed by atoms with van der Waals surface area (Å²) in [5.41, 5.74) is 1.05. The standard InChI is InChI=1S/C14H23N3O2/c1-3-13(12-4-7-15-8-5-12)17-14(19)16-10-11(2)6-9-18/h4-5,7-8,11,13,18H,3,6,9-10H2,1-2H3,(H2,16,17,19). The molecule has 1 aromatic rings. The third kappa shape index (κ3) is 5.70. The number of pyridine rings is 1. The Morgan fingerprint density at radius 3 is 2.68 bits per heavy atom. The molecule has 0 saturated carbocycles. The summed E-state index contributed by atoms with van der Waals surface area (Å²) in [6.45, 7) is 4.74. The molecule has 0 bridgehead atoms. The van der Waals surface area contributed by atoms with E-state index in [2.05, 4.69) is 15.6 Å². The summed E-state index contributed by atoms with van der Waals surface area (Å²) >= 11 is 0. The van der Waals surface area contributed by atoms with Crippen molar-refractivity contribution < 1.29 is 9.90 Å². The maximum atomic E-state index is 11.8. The third-order valence-corrected chi connectivity index (χ3v) is 3.06. The van der Waals surface area contributed by atoms with Crippen molar-refractivity contribution in [1.29, 1.82) is 0 Å². The second-order valence-electron chi connectivity index (χ2n) is 4.71. The molecule has 5 heteroatoms. The van der Waals surface area contributed by atoms with E-state index in [4.69, 9.17) is 5.11 Å². The predicted molar refractivity (Wildman–Crippen MR) is 74.7 cm³/mol. The van der Waals surface area contributed by atoms with Gasteiger partial charge in [-0.15, -0.1) is 0 Å². The molecule has 0 fully saturated rings. The van der Waals surface area contributed by atoms with Crippen molar-refractivity contribution in [3.63, 3.8) is 0 Å². The number of nitrogens with one attached hydrogen (secondary N) is 2. The number of carbonyl (C=O) groups excluding carboxylic acids is 1. The first-order valence-electron chi connectivity index (χ1n) is 6.72. The highest BCUT2D eigenvalue weighted by Crippen LogP contribution is 2.14. The number of urea groups is 1. The third-order valence-electron chi connectivity index (χ3n) is 3.06. The van der Waals surface area contributed by atoms with E-state index in [0.29, 0.717) is 13.0 Å². The normalized spacial score (nSPS) is 13.6. The van der Waals surface area contributed by atoms with Crippen LogP contribution in [0.3, 0.4) is 0 Å². The Morgan fingerprint density at radius 1 is 1.42 bits per heavy atom. The van der Waals surface area contributed by atoms with Gasteiger partial charge in [0.2, 0.25) is 0 Å². The average Bonchev–Trinajstić information content (AvgIpc) is 2.44. The van der Waals surface area contributed by atoms with Gasteiger partial charge in [-0.3, -0.25) is 4.98 Å². The predicted octanol–water partition coefficient (Wildman–Crippen LogP) is 1.85. The quantitative estimate of drug-likeness (QED) is 0.704. The van der Waals surface area contributed by atoms with E-state index >= 15 is 0 Å². The van der Waals surface area contributed by atoms with Gasteiger partial charge in [0.15, 0.2) is 0 Å². The molecule has 1 rings (SSSR count). The molecule has 1 aromatic heterocycles. The summed E-state index contributed by atoms with van der Waals surface area (Å²) in [5.74, 6) is 0.275. The van der Waals surface area contributed by atoms with Crippen LogP contribution in [-0.4, -0.2) is 29.3 Å². The number of aromatic nitrogens is 1. The van der Waals surface area contributed by atoms with Gasteiger partial charge in [-0.25, -0.2) is 4.79 Å². The summed E-state index contributed by atoms with van der Waals surface area (Å²) in [6.07, 6.45) is 4.97. The Kier molecular flexibility index (Phi) is 6.89. The number of carbonyl (C=O) groups is 1. The number of aliphatic hydroxyl groups is 1. The van der Waals surface area contributed by atoms with E-state index in [1.807, 2.05) is 26.0 Å². The fourth-order valence-corrected chi connectivity index (χ4v) is 1.82. The first-order valence-corrected chi connectivity index (χ1v) is 6.72. The highest BCUT2D eigenvalue weighted by atomic mass is 16.3. The first kappa shape index (κ1) is 15.4. The molecule has 5 nitrogen and oxygen atoms in total. The molecule has 0 radical (unpaired) electrons. The fourth-order valence-electron chi connectivity index (χ4n) is 1.82. The molecule has 3 N–H and O–H groups in total. The molecule has 0 aliphatic carbocycles. The summed E-state index contributed by atoms with van der Waals surface area (Å²) in [7, 11) is 0. The second-order valence-corrected chi connectivity index (χ2v) is 4.71. The molecule has 0 aromatic carbocycles. The van der Waals surface area contributed by atoms with E-state index in [9.17, 15) is 4.79 Å². The van der Waals surface area contributed by atoms with E-state index in [1.165, 1.54) is 0 Å². The van der Waals surface area contributed by atoms with Crippen molar-refractivity contribution in [2.24, 2.45) is 5.92 Å². The van der Waals surface area contributed by atoms with Crippen LogP contribution in [0.15, 0.2) is 24.5 Å². The van der Waals surface area contributed by atoms with Gasteiger partial charge < -0.3 is 15.7 Å². The molecule has 2 unspecified atom stereocenters. The summed E-state index contributed by atoms with van der Waals surface area (Å²) in [4.78, 5) is 15.8. The van der Waals surface area contributed by atoms with Gasteiger partial charge in [0.1, 0.15) is 0 Å². The van der Waals surface area contributed by atoms with Crippen LogP contribution in [0.5, 0.6) is 0 Å². The SMILES string of the molecule is CCC(NC(=O)NCC(C)CCO)c1ccncc1. The van der Waals surface area contributed by atoms with Crippen LogP contribution in [0.1, 0.15) is 38.3 Å². The number of nitrogens with zero attached hydrogens (tertiary/aromatic N) is 1. The highest BCUT2D eigenvalue weighted by Gasteiger charge is 2.12. The molecule has 0 aliphatic rings. The van der Waals surface area contributed by atoms with E-state index in [-0.39, 0.29) is 24.6 Å². The Labute approximate surface area is 114 Å². The maximum absolute atomic E-state index is 11.8. The first-order chi connectivity index (χ1) is 9.17. The Bertz CT molecular complexity index is 370. The lowest BCUT2D eigenvalue weighted by Crippen LogP contribution is -2.39. The van der Waals surface area contributed by atoms with Crippen LogP contribution in [0.25, 0.3) is 0 Å². The summed E-state index contributed by atoms with van der Waals surface area (Å²) in [5, 5.41) is 14.6. The van der Waals surface area contributed by atoms with E-state index in [0.717, 1.165) is 12.0 Å². The lowest BCUT2D eigenvalue weighted by molar-refractivity contribution is 0.230. The molecule has 0 aliphatic heterocycles. The molecule has 0 saturated heterocycles. The van der Waals surface area contributed by atoms with Crippen molar-refractivity contribution in [3.05, 3.63) is 30.1 Å². The van der Waals surface area contributed by atoms with Gasteiger partial charge in [-0.2, -0.15) is 0 Å². The monoisotopic (exact) mass is 265 g/mol. The maximum Gasteiger partial charge on any atom is 0.315 e. The van der Waals surface area contributed by atoms with E-state index < -0.39 is 0 Å². The molecular formula is C14H23N3O2. The van der Waals surface area contributed by atoms with Crippen molar-refractivity contribution in [3.8, 4) is 0 Å². The molecule has 2 amide bonds. The highest BCUT2D eigenvalue weighted by molar-refractivity contribution is 5.74. The molecule has 0 spiro atoms. The molecule has 106 valence electrons. The van der Waals surface area contributed by atoms with Gasteiger partial charge >= 0.3 is 6.03 Å². The van der Waals surface area contributed by atoms with Gasteiger partial charge in [0.25, 0.3) is 0 Å². The van der Waals surface area contributed by atoms with Gasteiger partial charge in [-0.05, 0) is 36.5 Å². The lowest BCUT2D eigenvalue weighted by atomic mass is 10.1. The Balaban J connectivity index is 2.41. The summed E-state index contributed by atoms with van der Waals surface area (Å²) < 4.78 is 0. The van der Waals surface area contributed by atoms with E-state index in [1.54, 1.807) is 12.4 Å². The topological polar surface area (TPSA) is 74.2 Å². The van der Waals surface area contributed by atoms with Crippen LogP contribution in [0.2, 0.25) is 0 Å². The van der Waals surface area contributed by atoms with Gasteiger partial charge in [-0.1, -0.05) is 13.8 Å². The number of hydrogen-bond donors (Lipinski definition) is 3. The van der Waals surface area contributed by atoms with Gasteiger partial charge in [0.05, 0.1) is 6.04 Å². The molecular weight excluding hydrogens is 242 g/mol. The smallest absolute Gasteiger partial charge is 0.315 e. The second kappa shape index (κ2) is 8.48. The van der Waals surface area contributed by atoms with Crippen molar-refractivity contribution >= 4 is 6.03 Å². The van der Waals surface area contributed by atoms with Gasteiger partial charge in [0, 0.05) is 25.5 Å². The summed E-state index contributed by atoms with van der Waals surface area (Å²) in [6, 6.07) is 3.63. The minimum absolute atomic E-state index is 0.00357. The molecule has 2 atom stereocenters. The van der Waals surface area contributed by atoms with Crippen molar-refractivity contribution in [1.82, 2.24) is 15.6 Å². The lowest BCUT2D eigenvalue weighted by Gasteiger charge is -2.18. The van der Waals surface area contributed by atoms with Crippen LogP contribution in [0.4, 0.5) is 4.79 Å². The number of rotatable bonds is 7. The minimum Gasteiger partial charge on any atom is -0.396 e. The minimum atomic E-state index is -0.173. The zero-order valence-corrected chi connectivity index (χ0v) is 11.6. The zero-order valence-electron chi connectivity index (χ0n) is 11.6. The van der Waals surface area contributed by atoms with Crippen LogP contribution < -0.4 is 10.6 Å². The Hall–Kier alpha value is -1.62. The van der Waals surface area contributed by atoms with Crippen LogP contribution >= 0.6 is 0 Å². The number of aliphatic hydroxyl groups excluding tert-OH is 1. The molecule has 1 heterocycles. The number of amides is 2. The molecule has 19 heavy (non-hydrogen) atoms. The van der Waals surface area contributed by atoms with Crippen molar-refractivity contribution in [2.45, 2.75) is 32.7 Å². The average molecular weight is 265 g/mol. The number of hydrogen-bond acceptors (Lipinski definition) is 3. The van der Waals surface area contributed by atoms with Crippen molar-refractivity contribution in [2.75, 3.05) is 13.2 Å². The van der Waals surface area contributed by atoms with Crippen LogP contribution in [-0.2, 0) is 0 Å². The van der Waals surface area contributed by atoms with Crippen LogP contribution in [0, 0.1) is 5.92 Å². The largest absolute Gasteiger partial charge is 0.396 e. The fraction of sp³-hybridized carbons (Fsp3) is 0.571. The zero-order chi connectivity index (χ0) is 14.1. The Morgan fingerprint density at radius 2 is 2.11 bits per heavy atom.